The number of rotatable bonds is 4. The highest BCUT2D eigenvalue weighted by Gasteiger charge is 2.36. The average molecular weight is 376 g/mol. The van der Waals surface area contributed by atoms with Crippen LogP contribution < -0.4 is 10.6 Å². The molecule has 2 N–H and O–H groups in total. The number of thiocarbonyl (C=S) groups is 1. The van der Waals surface area contributed by atoms with Crippen LogP contribution in [-0.4, -0.2) is 24.0 Å². The van der Waals surface area contributed by atoms with Gasteiger partial charge in [-0.3, -0.25) is 4.79 Å². The lowest BCUT2D eigenvalue weighted by atomic mass is 9.91. The van der Waals surface area contributed by atoms with Gasteiger partial charge in [0.15, 0.2) is 5.11 Å². The zero-order valence-electron chi connectivity index (χ0n) is 13.0. The number of hydrogen-bond acceptors (Lipinski definition) is 5. The lowest BCUT2D eigenvalue weighted by Gasteiger charge is -2.30. The summed E-state index contributed by atoms with van der Waals surface area (Å²) in [6, 6.07) is 8.63. The van der Waals surface area contributed by atoms with Gasteiger partial charge in [-0.25, -0.2) is 9.18 Å². The quantitative estimate of drug-likeness (QED) is 0.486. The largest absolute Gasteiger partial charge is 0.463 e. The standard InChI is InChI=1S/C17H13FN2O3S2/c1-23-16(22)15(21)12-13(9-4-2-5-10(18)8-9)19-17(24)20-14(12)11-6-3-7-25-11/h2-8,13H,1H3,(H2,19,20,24)/t13-/m1/s1. The molecule has 0 radical (unpaired) electrons. The van der Waals surface area contributed by atoms with Crippen LogP contribution in [0.5, 0.6) is 0 Å². The molecule has 1 atom stereocenters. The van der Waals surface area contributed by atoms with Gasteiger partial charge in [0.1, 0.15) is 5.82 Å². The third-order valence-electron chi connectivity index (χ3n) is 3.64. The van der Waals surface area contributed by atoms with E-state index in [0.29, 0.717) is 11.3 Å². The van der Waals surface area contributed by atoms with Crippen molar-refractivity contribution in [1.29, 1.82) is 0 Å². The summed E-state index contributed by atoms with van der Waals surface area (Å²) in [5.74, 6) is -2.27. The second-order valence-electron chi connectivity index (χ2n) is 5.17. The van der Waals surface area contributed by atoms with E-state index >= 15 is 0 Å². The number of benzene rings is 1. The SMILES string of the molecule is COC(=O)C(=O)C1=C(c2cccs2)NC(=S)N[C@@H]1c1cccc(F)c1. The maximum Gasteiger partial charge on any atom is 0.379 e. The Balaban J connectivity index is 2.21. The summed E-state index contributed by atoms with van der Waals surface area (Å²) in [5.41, 5.74) is 1.03. The second kappa shape index (κ2) is 7.12. The number of nitrogens with one attached hydrogen (secondary N) is 2. The number of carbonyl (C=O) groups is 2. The van der Waals surface area contributed by atoms with E-state index in [4.69, 9.17) is 12.2 Å². The Hall–Kier alpha value is -2.58. The molecule has 1 aliphatic rings. The van der Waals surface area contributed by atoms with E-state index in [1.807, 2.05) is 11.4 Å². The molecule has 25 heavy (non-hydrogen) atoms. The summed E-state index contributed by atoms with van der Waals surface area (Å²) in [6.45, 7) is 0. The average Bonchev–Trinajstić information content (AvgIpc) is 3.14. The van der Waals surface area contributed by atoms with Gasteiger partial charge in [-0.15, -0.1) is 11.3 Å². The molecule has 8 heteroatoms. The monoisotopic (exact) mass is 376 g/mol. The second-order valence-corrected chi connectivity index (χ2v) is 6.53. The Morgan fingerprint density at radius 2 is 2.08 bits per heavy atom. The first-order chi connectivity index (χ1) is 12.0. The molecule has 0 saturated carbocycles. The van der Waals surface area contributed by atoms with Gasteiger partial charge in [0, 0.05) is 0 Å². The van der Waals surface area contributed by atoms with E-state index in [2.05, 4.69) is 15.4 Å². The van der Waals surface area contributed by atoms with Crippen molar-refractivity contribution in [2.75, 3.05) is 7.11 Å². The van der Waals surface area contributed by atoms with Crippen molar-refractivity contribution in [1.82, 2.24) is 10.6 Å². The van der Waals surface area contributed by atoms with Crippen molar-refractivity contribution in [3.63, 3.8) is 0 Å². The van der Waals surface area contributed by atoms with Gasteiger partial charge >= 0.3 is 5.97 Å². The number of Topliss-reactive ketones (excluding diaryl/α,β-unsaturated/α-hetero) is 1. The Bertz CT molecular complexity index is 878. The molecule has 0 unspecified atom stereocenters. The Morgan fingerprint density at radius 3 is 2.72 bits per heavy atom. The third-order valence-corrected chi connectivity index (χ3v) is 4.74. The van der Waals surface area contributed by atoms with Gasteiger partial charge < -0.3 is 15.4 Å². The maximum atomic E-state index is 13.7. The molecule has 1 aromatic carbocycles. The van der Waals surface area contributed by atoms with Crippen molar-refractivity contribution < 1.29 is 18.7 Å². The topological polar surface area (TPSA) is 67.4 Å². The fourth-order valence-electron chi connectivity index (χ4n) is 2.56. The molecule has 128 valence electrons. The highest BCUT2D eigenvalue weighted by atomic mass is 32.1. The van der Waals surface area contributed by atoms with Crippen LogP contribution in [0, 0.1) is 5.82 Å². The first-order valence-electron chi connectivity index (χ1n) is 7.25. The molecule has 1 aliphatic heterocycles. The molecule has 0 fully saturated rings. The van der Waals surface area contributed by atoms with E-state index in [0.717, 1.165) is 12.0 Å². The van der Waals surface area contributed by atoms with Gasteiger partial charge in [-0.2, -0.15) is 0 Å². The molecular weight excluding hydrogens is 363 g/mol. The molecule has 0 saturated heterocycles. The molecule has 3 rings (SSSR count). The van der Waals surface area contributed by atoms with Gasteiger partial charge in [0.2, 0.25) is 0 Å². The smallest absolute Gasteiger partial charge is 0.379 e. The molecule has 0 spiro atoms. The first-order valence-corrected chi connectivity index (χ1v) is 8.53. The van der Waals surface area contributed by atoms with Gasteiger partial charge in [-0.1, -0.05) is 18.2 Å². The zero-order valence-corrected chi connectivity index (χ0v) is 14.7. The van der Waals surface area contributed by atoms with Gasteiger partial charge in [-0.05, 0) is 41.4 Å². The molecule has 5 nitrogen and oxygen atoms in total. The summed E-state index contributed by atoms with van der Waals surface area (Å²) in [5, 5.41) is 7.98. The first kappa shape index (κ1) is 17.2. The van der Waals surface area contributed by atoms with E-state index in [1.165, 1.54) is 29.5 Å². The van der Waals surface area contributed by atoms with Crippen LogP contribution in [0.3, 0.4) is 0 Å². The van der Waals surface area contributed by atoms with Crippen LogP contribution in [0.1, 0.15) is 16.5 Å². The highest BCUT2D eigenvalue weighted by molar-refractivity contribution is 7.80. The van der Waals surface area contributed by atoms with E-state index in [1.54, 1.807) is 12.1 Å². The summed E-state index contributed by atoms with van der Waals surface area (Å²) >= 11 is 6.61. The number of methoxy groups -OCH3 is 1. The molecule has 0 amide bonds. The summed E-state index contributed by atoms with van der Waals surface area (Å²) in [7, 11) is 1.14. The van der Waals surface area contributed by atoms with Gasteiger partial charge in [0.25, 0.3) is 5.78 Å². The summed E-state index contributed by atoms with van der Waals surface area (Å²) in [6.07, 6.45) is 0. The number of thiophene rings is 1. The highest BCUT2D eigenvalue weighted by Crippen LogP contribution is 2.33. The van der Waals surface area contributed by atoms with E-state index in [-0.39, 0.29) is 10.7 Å². The molecule has 0 bridgehead atoms. The van der Waals surface area contributed by atoms with Crippen LogP contribution in [0.4, 0.5) is 4.39 Å². The van der Waals surface area contributed by atoms with Crippen molar-refractivity contribution >= 4 is 46.1 Å². The van der Waals surface area contributed by atoms with Crippen molar-refractivity contribution in [3.05, 3.63) is 63.6 Å². The molecule has 2 aromatic rings. The minimum Gasteiger partial charge on any atom is -0.463 e. The van der Waals surface area contributed by atoms with E-state index < -0.39 is 23.6 Å². The third kappa shape index (κ3) is 3.45. The van der Waals surface area contributed by atoms with Crippen molar-refractivity contribution in [2.24, 2.45) is 0 Å². The number of halogens is 1. The van der Waals surface area contributed by atoms with Crippen LogP contribution in [0.25, 0.3) is 5.70 Å². The lowest BCUT2D eigenvalue weighted by molar-refractivity contribution is -0.150. The van der Waals surface area contributed by atoms with Crippen LogP contribution in [0.15, 0.2) is 47.4 Å². The minimum atomic E-state index is -0.998. The normalized spacial score (nSPS) is 16.9. The predicted octanol–water partition coefficient (Wildman–Crippen LogP) is 2.56. The molecular formula is C17H13FN2O3S2. The van der Waals surface area contributed by atoms with Crippen LogP contribution in [-0.2, 0) is 14.3 Å². The lowest BCUT2D eigenvalue weighted by Crippen LogP contribution is -2.45. The molecule has 2 heterocycles. The fourth-order valence-corrected chi connectivity index (χ4v) is 3.52. The minimum absolute atomic E-state index is 0.133. The number of esters is 1. The zero-order chi connectivity index (χ0) is 18.0. The Labute approximate surface area is 152 Å². The molecule has 1 aromatic heterocycles. The van der Waals surface area contributed by atoms with E-state index in [9.17, 15) is 14.0 Å². The maximum absolute atomic E-state index is 13.7. The Kier molecular flexibility index (Phi) is 4.91. The number of ether oxygens (including phenoxy) is 1. The van der Waals surface area contributed by atoms with Crippen molar-refractivity contribution in [3.8, 4) is 0 Å². The molecule has 0 aliphatic carbocycles. The summed E-state index contributed by atoms with van der Waals surface area (Å²) in [4.78, 5) is 25.3. The summed E-state index contributed by atoms with van der Waals surface area (Å²) < 4.78 is 18.3. The van der Waals surface area contributed by atoms with Crippen LogP contribution >= 0.6 is 23.6 Å². The fraction of sp³-hybridized carbons (Fsp3) is 0.118. The van der Waals surface area contributed by atoms with Gasteiger partial charge in [0.05, 0.1) is 29.3 Å². The van der Waals surface area contributed by atoms with Crippen LogP contribution in [0.2, 0.25) is 0 Å². The predicted molar refractivity (Wildman–Crippen MR) is 96.3 cm³/mol. The number of carbonyl (C=O) groups excluding carboxylic acids is 2. The Morgan fingerprint density at radius 1 is 1.28 bits per heavy atom. The number of ketones is 1. The number of hydrogen-bond donors (Lipinski definition) is 2. The van der Waals surface area contributed by atoms with Crippen molar-refractivity contribution in [2.45, 2.75) is 6.04 Å².